The van der Waals surface area contributed by atoms with E-state index in [1.54, 1.807) is 16.6 Å². The van der Waals surface area contributed by atoms with Gasteiger partial charge in [-0.05, 0) is 17.7 Å². The number of carbonyl (C=O) groups is 1. The summed E-state index contributed by atoms with van der Waals surface area (Å²) in [6.45, 7) is 0.541. The molecular weight excluding hydrogens is 326 g/mol. The van der Waals surface area contributed by atoms with E-state index in [1.165, 1.54) is 5.56 Å². The summed E-state index contributed by atoms with van der Waals surface area (Å²) in [6.07, 6.45) is 0.817. The molecule has 5 heteroatoms. The summed E-state index contributed by atoms with van der Waals surface area (Å²) in [5.74, 6) is 0.868. The first-order valence-electron chi connectivity index (χ1n) is 8.71. The highest BCUT2D eigenvalue weighted by Gasteiger charge is 2.26. The van der Waals surface area contributed by atoms with Gasteiger partial charge in [0.25, 0.3) is 5.91 Å². The quantitative estimate of drug-likeness (QED) is 0.728. The monoisotopic (exact) mass is 347 g/mol. The molecule has 1 aliphatic rings. The molecule has 4 rings (SSSR count). The maximum absolute atomic E-state index is 12.9. The van der Waals surface area contributed by atoms with Crippen LogP contribution in [0.5, 0.6) is 5.75 Å². The van der Waals surface area contributed by atoms with Crippen LogP contribution in [0.15, 0.2) is 60.7 Å². The molecule has 2 aromatic carbocycles. The fourth-order valence-electron chi connectivity index (χ4n) is 3.36. The number of benzene rings is 2. The Morgan fingerprint density at radius 3 is 2.69 bits per heavy atom. The van der Waals surface area contributed by atoms with Gasteiger partial charge in [-0.15, -0.1) is 0 Å². The molecule has 0 aliphatic carbocycles. The Morgan fingerprint density at radius 1 is 1.19 bits per heavy atom. The molecule has 0 radical (unpaired) electrons. The molecule has 0 spiro atoms. The number of likely N-dealkylation sites (N-methyl/N-ethyl adjacent to an activating group) is 1. The van der Waals surface area contributed by atoms with Crippen LogP contribution in [-0.4, -0.2) is 40.3 Å². The lowest BCUT2D eigenvalue weighted by atomic mass is 10.1. The van der Waals surface area contributed by atoms with Crippen LogP contribution in [0.25, 0.3) is 11.3 Å². The minimum atomic E-state index is -0.0539. The number of hydrogen-bond donors (Lipinski definition) is 0. The van der Waals surface area contributed by atoms with Crippen LogP contribution in [0.1, 0.15) is 16.1 Å². The van der Waals surface area contributed by atoms with Gasteiger partial charge in [-0.1, -0.05) is 48.5 Å². The highest BCUT2D eigenvalue weighted by atomic mass is 16.5. The number of carbonyl (C=O) groups excluding carboxylic acids is 1. The molecule has 0 N–H and O–H groups in total. The predicted molar refractivity (Wildman–Crippen MR) is 100 cm³/mol. The van der Waals surface area contributed by atoms with Gasteiger partial charge in [-0.3, -0.25) is 9.48 Å². The van der Waals surface area contributed by atoms with Crippen molar-refractivity contribution in [3.8, 4) is 17.0 Å². The van der Waals surface area contributed by atoms with Gasteiger partial charge in [0.05, 0.1) is 12.2 Å². The Kier molecular flexibility index (Phi) is 4.21. The largest absolute Gasteiger partial charge is 0.488 e. The Labute approximate surface area is 152 Å². The molecule has 1 atom stereocenters. The maximum Gasteiger partial charge on any atom is 0.272 e. The number of aryl methyl sites for hydroxylation is 1. The summed E-state index contributed by atoms with van der Waals surface area (Å²) in [7, 11) is 3.61. The summed E-state index contributed by atoms with van der Waals surface area (Å²) in [6, 6.07) is 19.8. The molecule has 0 bridgehead atoms. The number of ether oxygens (including phenoxy) is 1. The van der Waals surface area contributed by atoms with Crippen molar-refractivity contribution in [2.24, 2.45) is 7.05 Å². The molecule has 0 saturated heterocycles. The minimum Gasteiger partial charge on any atom is -0.488 e. The van der Waals surface area contributed by atoms with Crippen LogP contribution in [0, 0.1) is 0 Å². The Bertz CT molecular complexity index is 908. The van der Waals surface area contributed by atoms with Crippen molar-refractivity contribution in [1.29, 1.82) is 0 Å². The van der Waals surface area contributed by atoms with E-state index in [0.29, 0.717) is 12.2 Å². The van der Waals surface area contributed by atoms with Crippen LogP contribution in [-0.2, 0) is 13.5 Å². The molecule has 2 heterocycles. The van der Waals surface area contributed by atoms with E-state index in [0.717, 1.165) is 23.4 Å². The topological polar surface area (TPSA) is 47.4 Å². The van der Waals surface area contributed by atoms with Crippen LogP contribution >= 0.6 is 0 Å². The first-order valence-corrected chi connectivity index (χ1v) is 8.71. The van der Waals surface area contributed by atoms with Gasteiger partial charge in [-0.25, -0.2) is 0 Å². The van der Waals surface area contributed by atoms with E-state index >= 15 is 0 Å². The molecule has 1 aliphatic heterocycles. The van der Waals surface area contributed by atoms with Crippen molar-refractivity contribution in [1.82, 2.24) is 14.7 Å². The van der Waals surface area contributed by atoms with Crippen molar-refractivity contribution in [2.75, 3.05) is 13.6 Å². The van der Waals surface area contributed by atoms with Crippen LogP contribution in [0.4, 0.5) is 0 Å². The average Bonchev–Trinajstić information content (AvgIpc) is 3.24. The van der Waals surface area contributed by atoms with Crippen LogP contribution in [0.2, 0.25) is 0 Å². The average molecular weight is 347 g/mol. The number of rotatable bonds is 4. The molecule has 26 heavy (non-hydrogen) atoms. The van der Waals surface area contributed by atoms with E-state index in [9.17, 15) is 4.79 Å². The second-order valence-electron chi connectivity index (χ2n) is 6.64. The van der Waals surface area contributed by atoms with E-state index in [4.69, 9.17) is 4.74 Å². The van der Waals surface area contributed by atoms with Crippen molar-refractivity contribution in [3.05, 3.63) is 71.9 Å². The molecule has 1 amide bonds. The third kappa shape index (κ3) is 3.08. The highest BCUT2D eigenvalue weighted by molar-refractivity contribution is 5.93. The molecule has 0 saturated carbocycles. The number of para-hydroxylation sites is 1. The number of hydrogen-bond acceptors (Lipinski definition) is 3. The molecule has 1 aromatic heterocycles. The highest BCUT2D eigenvalue weighted by Crippen LogP contribution is 2.28. The normalized spacial score (nSPS) is 15.4. The summed E-state index contributed by atoms with van der Waals surface area (Å²) < 4.78 is 7.60. The Balaban J connectivity index is 1.47. The zero-order valence-corrected chi connectivity index (χ0v) is 14.9. The molecule has 1 unspecified atom stereocenters. The van der Waals surface area contributed by atoms with Gasteiger partial charge in [0.2, 0.25) is 0 Å². The lowest BCUT2D eigenvalue weighted by Gasteiger charge is -2.21. The standard InChI is InChI=1S/C21H21N3O2/c1-23(14-17-12-16-10-6-7-11-20(16)26-17)21(25)19-13-18(22-24(19)2)15-8-4-3-5-9-15/h3-11,13,17H,12,14H2,1-2H3. The molecule has 3 aromatic rings. The summed E-state index contributed by atoms with van der Waals surface area (Å²) >= 11 is 0. The third-order valence-electron chi connectivity index (χ3n) is 4.71. The minimum absolute atomic E-state index is 0.0110. The van der Waals surface area contributed by atoms with Crippen molar-refractivity contribution < 1.29 is 9.53 Å². The fraction of sp³-hybridized carbons (Fsp3) is 0.238. The molecule has 132 valence electrons. The van der Waals surface area contributed by atoms with E-state index in [2.05, 4.69) is 11.2 Å². The number of fused-ring (bicyclic) bond motifs is 1. The summed E-state index contributed by atoms with van der Waals surface area (Å²) in [4.78, 5) is 14.6. The van der Waals surface area contributed by atoms with Gasteiger partial charge in [0.15, 0.2) is 0 Å². The van der Waals surface area contributed by atoms with Gasteiger partial charge in [0.1, 0.15) is 17.5 Å². The predicted octanol–water partition coefficient (Wildman–Crippen LogP) is 3.16. The van der Waals surface area contributed by atoms with E-state index in [1.807, 2.05) is 61.6 Å². The smallest absolute Gasteiger partial charge is 0.272 e. The van der Waals surface area contributed by atoms with Gasteiger partial charge < -0.3 is 9.64 Å². The summed E-state index contributed by atoms with van der Waals surface area (Å²) in [5, 5.41) is 4.49. The molecule has 0 fully saturated rings. The molecular formula is C21H21N3O2. The lowest BCUT2D eigenvalue weighted by Crippen LogP contribution is -2.37. The van der Waals surface area contributed by atoms with Crippen LogP contribution in [0.3, 0.4) is 0 Å². The van der Waals surface area contributed by atoms with Crippen molar-refractivity contribution >= 4 is 5.91 Å². The Morgan fingerprint density at radius 2 is 1.92 bits per heavy atom. The van der Waals surface area contributed by atoms with E-state index in [-0.39, 0.29) is 12.0 Å². The SMILES string of the molecule is CN(CC1Cc2ccccc2O1)C(=O)c1cc(-c2ccccc2)nn1C. The van der Waals surface area contributed by atoms with E-state index < -0.39 is 0 Å². The number of amides is 1. The number of aromatic nitrogens is 2. The number of nitrogens with zero attached hydrogens (tertiary/aromatic N) is 3. The Hall–Kier alpha value is -3.08. The zero-order chi connectivity index (χ0) is 18.1. The molecule has 5 nitrogen and oxygen atoms in total. The van der Waals surface area contributed by atoms with Crippen LogP contribution < -0.4 is 4.74 Å². The maximum atomic E-state index is 12.9. The van der Waals surface area contributed by atoms with Gasteiger partial charge >= 0.3 is 0 Å². The summed E-state index contributed by atoms with van der Waals surface area (Å²) in [5.41, 5.74) is 3.57. The van der Waals surface area contributed by atoms with Crippen molar-refractivity contribution in [2.45, 2.75) is 12.5 Å². The first kappa shape index (κ1) is 16.4. The first-order chi connectivity index (χ1) is 12.6. The lowest BCUT2D eigenvalue weighted by molar-refractivity contribution is 0.0719. The second kappa shape index (κ2) is 6.67. The zero-order valence-electron chi connectivity index (χ0n) is 14.9. The van der Waals surface area contributed by atoms with Crippen molar-refractivity contribution in [3.63, 3.8) is 0 Å². The van der Waals surface area contributed by atoms with Gasteiger partial charge in [-0.2, -0.15) is 5.10 Å². The fourth-order valence-corrected chi connectivity index (χ4v) is 3.36. The van der Waals surface area contributed by atoms with Gasteiger partial charge in [0, 0.05) is 26.1 Å². The third-order valence-corrected chi connectivity index (χ3v) is 4.71. The second-order valence-corrected chi connectivity index (χ2v) is 6.64.